The molecule has 2 rings (SSSR count). The van der Waals surface area contributed by atoms with Gasteiger partial charge >= 0.3 is 0 Å². The van der Waals surface area contributed by atoms with Crippen molar-refractivity contribution in [3.8, 4) is 23.9 Å². The number of terminal acetylenes is 2. The molecule has 0 aliphatic heterocycles. The lowest BCUT2D eigenvalue weighted by atomic mass is 10.6. The fourth-order valence-electron chi connectivity index (χ4n) is 1.50. The van der Waals surface area contributed by atoms with Gasteiger partial charge in [-0.2, -0.15) is 22.7 Å². The molecule has 0 radical (unpaired) electrons. The van der Waals surface area contributed by atoms with E-state index in [-0.39, 0.29) is 0 Å². The zero-order chi connectivity index (χ0) is 10.7. The Morgan fingerprint density at radius 2 is 1.40 bits per heavy atom. The Labute approximate surface area is 98.6 Å². The zero-order valence-corrected chi connectivity index (χ0v) is 10.6. The molecule has 0 aromatic carbocycles. The van der Waals surface area contributed by atoms with Crippen LogP contribution in [0.4, 0.5) is 0 Å². The minimum Gasteiger partial charge on any atom is -0.152 e. The summed E-state index contributed by atoms with van der Waals surface area (Å²) in [5.41, 5.74) is 5.77. The summed E-state index contributed by atoms with van der Waals surface area (Å²) in [6, 6.07) is 4.10. The van der Waals surface area contributed by atoms with Gasteiger partial charge < -0.3 is 0 Å². The highest BCUT2D eigenvalue weighted by Gasteiger charge is 2.34. The maximum atomic E-state index is 5.68. The van der Waals surface area contributed by atoms with E-state index in [1.54, 1.807) is 22.7 Å². The fraction of sp³-hybridized carbons (Fsp3) is 0. The maximum absolute atomic E-state index is 5.68. The first-order valence-corrected chi connectivity index (χ1v) is 8.23. The van der Waals surface area contributed by atoms with Crippen molar-refractivity contribution in [3.63, 3.8) is 0 Å². The molecule has 72 valence electrons. The predicted molar refractivity (Wildman–Crippen MR) is 71.3 cm³/mol. The van der Waals surface area contributed by atoms with E-state index in [2.05, 4.69) is 21.8 Å². The molecule has 0 nitrogen and oxygen atoms in total. The first-order chi connectivity index (χ1) is 7.33. The number of rotatable bonds is 2. The Kier molecular flexibility index (Phi) is 2.79. The second-order valence-corrected chi connectivity index (χ2v) is 7.85. The van der Waals surface area contributed by atoms with E-state index < -0.39 is 8.07 Å². The second-order valence-electron chi connectivity index (χ2n) is 3.06. The summed E-state index contributed by atoms with van der Waals surface area (Å²) in [7, 11) is -2.31. The molecule has 0 atom stereocenters. The van der Waals surface area contributed by atoms with Gasteiger partial charge in [0.15, 0.2) is 0 Å². The van der Waals surface area contributed by atoms with Crippen LogP contribution < -0.4 is 10.4 Å². The molecule has 0 saturated heterocycles. The van der Waals surface area contributed by atoms with E-state index in [0.29, 0.717) is 0 Å². The second kappa shape index (κ2) is 4.08. The molecule has 0 aliphatic carbocycles. The van der Waals surface area contributed by atoms with Crippen LogP contribution in [-0.4, -0.2) is 8.07 Å². The van der Waals surface area contributed by atoms with Gasteiger partial charge in [-0.25, -0.2) is 0 Å². The average Bonchev–Trinajstić information content (AvgIpc) is 2.92. The molecule has 0 fully saturated rings. The summed E-state index contributed by atoms with van der Waals surface area (Å²) in [6.07, 6.45) is 11.4. The van der Waals surface area contributed by atoms with Crippen LogP contribution >= 0.6 is 22.7 Å². The van der Waals surface area contributed by atoms with Crippen molar-refractivity contribution in [2.24, 2.45) is 0 Å². The Balaban J connectivity index is 2.63. The van der Waals surface area contributed by atoms with Crippen molar-refractivity contribution < 1.29 is 0 Å². The van der Waals surface area contributed by atoms with E-state index in [1.165, 1.54) is 0 Å². The third-order valence-electron chi connectivity index (χ3n) is 2.34. The molecular formula is C12H8S2Si. The molecular weight excluding hydrogens is 236 g/mol. The number of hydrogen-bond donors (Lipinski definition) is 0. The lowest BCUT2D eigenvalue weighted by Crippen LogP contribution is -2.55. The summed E-state index contributed by atoms with van der Waals surface area (Å²) >= 11 is 3.28. The summed E-state index contributed by atoms with van der Waals surface area (Å²) in [6.45, 7) is 0. The Morgan fingerprint density at radius 3 is 1.67 bits per heavy atom. The number of hydrogen-bond acceptors (Lipinski definition) is 2. The lowest BCUT2D eigenvalue weighted by molar-refractivity contribution is 2.00. The van der Waals surface area contributed by atoms with Crippen LogP contribution in [-0.2, 0) is 0 Å². The maximum Gasteiger partial charge on any atom is 0.276 e. The van der Waals surface area contributed by atoms with E-state index in [0.717, 1.165) is 10.4 Å². The van der Waals surface area contributed by atoms with Crippen LogP contribution in [0.25, 0.3) is 0 Å². The van der Waals surface area contributed by atoms with Crippen LogP contribution in [0.1, 0.15) is 0 Å². The summed E-state index contributed by atoms with van der Waals surface area (Å²) in [5, 5.41) is 10.5. The largest absolute Gasteiger partial charge is 0.276 e. The van der Waals surface area contributed by atoms with Crippen molar-refractivity contribution in [2.75, 3.05) is 0 Å². The molecule has 0 amide bonds. The topological polar surface area (TPSA) is 0 Å². The smallest absolute Gasteiger partial charge is 0.152 e. The average molecular weight is 244 g/mol. The third-order valence-corrected chi connectivity index (χ3v) is 7.35. The van der Waals surface area contributed by atoms with E-state index in [9.17, 15) is 0 Å². The molecule has 2 heterocycles. The number of thiophene rings is 2. The van der Waals surface area contributed by atoms with Crippen LogP contribution in [0, 0.1) is 23.9 Å². The van der Waals surface area contributed by atoms with Crippen molar-refractivity contribution >= 4 is 41.1 Å². The molecule has 0 unspecified atom stereocenters. The highest BCUT2D eigenvalue weighted by atomic mass is 32.1. The van der Waals surface area contributed by atoms with Crippen LogP contribution in [0.15, 0.2) is 33.7 Å². The lowest BCUT2D eigenvalue weighted by Gasteiger charge is -2.16. The SMILES string of the molecule is C#C[Si](C#C)(c1ccsc1)c1ccsc1. The molecule has 0 N–H and O–H groups in total. The van der Waals surface area contributed by atoms with Crippen molar-refractivity contribution in [1.82, 2.24) is 0 Å². The van der Waals surface area contributed by atoms with Crippen molar-refractivity contribution in [2.45, 2.75) is 0 Å². The van der Waals surface area contributed by atoms with E-state index >= 15 is 0 Å². The predicted octanol–water partition coefficient (Wildman–Crippen LogP) is 1.72. The van der Waals surface area contributed by atoms with Gasteiger partial charge in [-0.15, -0.1) is 23.9 Å². The first kappa shape index (κ1) is 10.3. The molecule has 2 aromatic heterocycles. The minimum absolute atomic E-state index is 1.15. The minimum atomic E-state index is -2.31. The fourth-order valence-corrected chi connectivity index (χ4v) is 6.37. The molecule has 0 spiro atoms. The normalized spacial score (nSPS) is 10.5. The van der Waals surface area contributed by atoms with Crippen LogP contribution in [0.3, 0.4) is 0 Å². The molecule has 0 bridgehead atoms. The van der Waals surface area contributed by atoms with Crippen LogP contribution in [0.5, 0.6) is 0 Å². The van der Waals surface area contributed by atoms with Crippen LogP contribution in [0.2, 0.25) is 0 Å². The summed E-state index contributed by atoms with van der Waals surface area (Å²) < 4.78 is 0. The monoisotopic (exact) mass is 244 g/mol. The molecule has 15 heavy (non-hydrogen) atoms. The Morgan fingerprint density at radius 1 is 0.933 bits per heavy atom. The molecule has 3 heteroatoms. The summed E-state index contributed by atoms with van der Waals surface area (Å²) in [5.74, 6) is 0. The molecule has 2 aromatic rings. The van der Waals surface area contributed by atoms with Crippen molar-refractivity contribution in [3.05, 3.63) is 33.7 Å². The van der Waals surface area contributed by atoms with Crippen molar-refractivity contribution in [1.29, 1.82) is 0 Å². The zero-order valence-electron chi connectivity index (χ0n) is 7.94. The summed E-state index contributed by atoms with van der Waals surface area (Å²) in [4.78, 5) is 0. The highest BCUT2D eigenvalue weighted by molar-refractivity contribution is 7.19. The van der Waals surface area contributed by atoms with Gasteiger partial charge in [-0.05, 0) is 44.0 Å². The molecule has 0 aliphatic rings. The van der Waals surface area contributed by atoms with E-state index in [4.69, 9.17) is 12.8 Å². The third kappa shape index (κ3) is 1.55. The van der Waals surface area contributed by atoms with Gasteiger partial charge in [0.2, 0.25) is 0 Å². The van der Waals surface area contributed by atoms with Gasteiger partial charge in [0.25, 0.3) is 8.07 Å². The molecule has 0 saturated carbocycles. The Hall–Kier alpha value is -1.26. The van der Waals surface area contributed by atoms with Gasteiger partial charge in [0, 0.05) is 0 Å². The van der Waals surface area contributed by atoms with Gasteiger partial charge in [0.05, 0.1) is 0 Å². The highest BCUT2D eigenvalue weighted by Crippen LogP contribution is 2.08. The van der Waals surface area contributed by atoms with Gasteiger partial charge in [0.1, 0.15) is 0 Å². The van der Waals surface area contributed by atoms with Gasteiger partial charge in [-0.1, -0.05) is 0 Å². The van der Waals surface area contributed by atoms with Gasteiger partial charge in [-0.3, -0.25) is 0 Å². The first-order valence-electron chi connectivity index (χ1n) is 4.34. The van der Waals surface area contributed by atoms with E-state index in [1.807, 2.05) is 22.9 Å². The Bertz CT molecular complexity index is 459. The standard InChI is InChI=1S/C12H8S2Si/c1-3-15(4-2,11-5-7-13-9-11)12-6-8-14-10-12/h1-2,5-10H. The quantitative estimate of drug-likeness (QED) is 0.557.